The van der Waals surface area contributed by atoms with Gasteiger partial charge in [-0.05, 0) is 78.9 Å². The van der Waals surface area contributed by atoms with Crippen LogP contribution >= 0.6 is 0 Å². The number of esters is 1. The number of rotatable bonds is 3. The van der Waals surface area contributed by atoms with Crippen molar-refractivity contribution in [2.75, 3.05) is 6.61 Å². The summed E-state index contributed by atoms with van der Waals surface area (Å²) in [7, 11) is 0. The van der Waals surface area contributed by atoms with E-state index >= 15 is 0 Å². The average molecular weight is 496 g/mol. The minimum atomic E-state index is -2.19. The van der Waals surface area contributed by atoms with Gasteiger partial charge in [0.2, 0.25) is 0 Å². The van der Waals surface area contributed by atoms with Crippen LogP contribution in [0.5, 0.6) is 0 Å². The van der Waals surface area contributed by atoms with Gasteiger partial charge in [-0.25, -0.2) is 4.79 Å². The van der Waals surface area contributed by atoms with E-state index in [1.165, 1.54) is 0 Å². The Labute approximate surface area is 212 Å². The lowest BCUT2D eigenvalue weighted by molar-refractivity contribution is -0.201. The second kappa shape index (κ2) is 8.37. The third-order valence-electron chi connectivity index (χ3n) is 10.2. The molecule has 0 amide bonds. The van der Waals surface area contributed by atoms with E-state index in [-0.39, 0.29) is 40.1 Å². The molecule has 0 saturated heterocycles. The monoisotopic (exact) mass is 495 g/mol. The highest BCUT2D eigenvalue weighted by molar-refractivity contribution is 5.97. The zero-order chi connectivity index (χ0) is 26.2. The number of hydrogen-bond donors (Lipinski definition) is 3. The van der Waals surface area contributed by atoms with Gasteiger partial charge in [-0.1, -0.05) is 39.3 Å². The molecule has 7 heteroatoms. The molecule has 5 aliphatic carbocycles. The number of nitrogens with zero attached hydrogens (tertiary/aromatic N) is 1. The third kappa shape index (κ3) is 3.14. The Morgan fingerprint density at radius 3 is 2.53 bits per heavy atom. The van der Waals surface area contributed by atoms with Gasteiger partial charge in [0.15, 0.2) is 17.5 Å². The molecule has 0 unspecified atom stereocenters. The molecule has 194 valence electrons. The Hall–Kier alpha value is -2.27. The van der Waals surface area contributed by atoms with E-state index in [9.17, 15) is 30.2 Å². The first kappa shape index (κ1) is 25.4. The molecule has 8 atom stereocenters. The number of aliphatic hydroxyl groups is 3. The van der Waals surface area contributed by atoms with Gasteiger partial charge in [-0.3, -0.25) is 4.79 Å². The third-order valence-corrected chi connectivity index (χ3v) is 10.2. The number of hydrogen-bond acceptors (Lipinski definition) is 7. The standard InChI is InChI=1S/C29H37NO6/c1-15-12-28-16(2)10-21-22(27(21,3)4)19(24(28)33)11-18(14-31)23(32)29(28,35)25(15)36-26(34)20(13-30)17-8-6-5-7-9-17/h11-12,16,19,21-23,25,31-32,35H,5-10,14H2,1-4H3/t16-,19+,21-,22+,23-,25+,28+,29+/m1/s1. The molecule has 0 aromatic rings. The molecule has 0 aromatic heterocycles. The summed E-state index contributed by atoms with van der Waals surface area (Å²) in [5, 5.41) is 44.0. The fourth-order valence-corrected chi connectivity index (χ4v) is 8.26. The zero-order valence-corrected chi connectivity index (χ0v) is 21.6. The molecule has 7 nitrogen and oxygen atoms in total. The van der Waals surface area contributed by atoms with Gasteiger partial charge in [-0.2, -0.15) is 5.26 Å². The van der Waals surface area contributed by atoms with Crippen molar-refractivity contribution in [1.29, 1.82) is 5.26 Å². The summed E-state index contributed by atoms with van der Waals surface area (Å²) in [6, 6.07) is 2.00. The van der Waals surface area contributed by atoms with Gasteiger partial charge < -0.3 is 20.1 Å². The molecular weight excluding hydrogens is 458 g/mol. The molecule has 3 saturated carbocycles. The Morgan fingerprint density at radius 2 is 1.92 bits per heavy atom. The first-order valence-corrected chi connectivity index (χ1v) is 13.2. The SMILES string of the molecule is CC1=C[C@]23C(=O)[C@@H](C=C(CO)[C@@H](O)[C@]2(O)[C@H]1OC(=O)C(C#N)=C1CCCCC1)[C@H]1[C@@H](C[C@H]3C)C1(C)C. The van der Waals surface area contributed by atoms with Gasteiger partial charge in [0.05, 0.1) is 12.0 Å². The summed E-state index contributed by atoms with van der Waals surface area (Å²) in [5.41, 5.74) is -2.37. The van der Waals surface area contributed by atoms with Crippen molar-refractivity contribution in [2.24, 2.45) is 34.5 Å². The molecule has 0 radical (unpaired) electrons. The van der Waals surface area contributed by atoms with Crippen LogP contribution in [0.2, 0.25) is 0 Å². The second-order valence-corrected chi connectivity index (χ2v) is 12.3. The highest BCUT2D eigenvalue weighted by Crippen LogP contribution is 2.71. The number of ketones is 1. The molecule has 36 heavy (non-hydrogen) atoms. The van der Waals surface area contributed by atoms with Crippen LogP contribution in [0.4, 0.5) is 0 Å². The van der Waals surface area contributed by atoms with E-state index < -0.39 is 41.7 Å². The topological polar surface area (TPSA) is 128 Å². The molecule has 3 N–H and O–H groups in total. The molecule has 0 heterocycles. The van der Waals surface area contributed by atoms with Crippen molar-refractivity contribution in [3.8, 4) is 6.07 Å². The predicted molar refractivity (Wildman–Crippen MR) is 131 cm³/mol. The van der Waals surface area contributed by atoms with Gasteiger partial charge in [0.25, 0.3) is 0 Å². The maximum absolute atomic E-state index is 14.4. The summed E-state index contributed by atoms with van der Waals surface area (Å²) in [4.78, 5) is 27.7. The number of Topliss-reactive ketones (excluding diaryl/α,β-unsaturated/α-hetero) is 1. The second-order valence-electron chi connectivity index (χ2n) is 12.3. The van der Waals surface area contributed by atoms with E-state index in [2.05, 4.69) is 13.8 Å². The number of allylic oxidation sites excluding steroid dienone is 2. The maximum atomic E-state index is 14.4. The van der Waals surface area contributed by atoms with Crippen molar-refractivity contribution in [2.45, 2.75) is 84.0 Å². The Kier molecular flexibility index (Phi) is 5.90. The molecule has 2 bridgehead atoms. The number of fused-ring (bicyclic) bond motifs is 3. The highest BCUT2D eigenvalue weighted by Gasteiger charge is 2.76. The molecule has 0 aromatic carbocycles. The van der Waals surface area contributed by atoms with Gasteiger partial charge in [0, 0.05) is 5.92 Å². The summed E-state index contributed by atoms with van der Waals surface area (Å²) < 4.78 is 5.87. The van der Waals surface area contributed by atoms with Crippen molar-refractivity contribution in [3.63, 3.8) is 0 Å². The summed E-state index contributed by atoms with van der Waals surface area (Å²) in [6.07, 6.45) is 5.27. The maximum Gasteiger partial charge on any atom is 0.349 e. The number of carbonyl (C=O) groups excluding carboxylic acids is 2. The largest absolute Gasteiger partial charge is 0.450 e. The first-order chi connectivity index (χ1) is 17.0. The number of aliphatic hydroxyl groups excluding tert-OH is 2. The Balaban J connectivity index is 1.61. The lowest BCUT2D eigenvalue weighted by atomic mass is 9.59. The lowest BCUT2D eigenvalue weighted by Crippen LogP contribution is -2.65. The van der Waals surface area contributed by atoms with E-state index in [1.54, 1.807) is 19.1 Å². The van der Waals surface area contributed by atoms with Gasteiger partial charge in [-0.15, -0.1) is 0 Å². The van der Waals surface area contributed by atoms with Crippen LogP contribution < -0.4 is 0 Å². The molecule has 1 spiro atoms. The molecular formula is C29H37NO6. The molecule has 5 aliphatic rings. The van der Waals surface area contributed by atoms with E-state index in [0.717, 1.165) is 24.8 Å². The van der Waals surface area contributed by atoms with E-state index in [1.807, 2.05) is 13.0 Å². The van der Waals surface area contributed by atoms with Crippen LogP contribution in [0.25, 0.3) is 0 Å². The van der Waals surface area contributed by atoms with Crippen LogP contribution in [0.15, 0.2) is 34.4 Å². The van der Waals surface area contributed by atoms with Gasteiger partial charge in [0.1, 0.15) is 17.7 Å². The quantitative estimate of drug-likeness (QED) is 0.237. The fourth-order valence-electron chi connectivity index (χ4n) is 8.26. The lowest BCUT2D eigenvalue weighted by Gasteiger charge is -2.48. The fraction of sp³-hybridized carbons (Fsp3) is 0.690. The zero-order valence-electron chi connectivity index (χ0n) is 21.6. The molecule has 5 rings (SSSR count). The van der Waals surface area contributed by atoms with Crippen LogP contribution in [-0.2, 0) is 14.3 Å². The van der Waals surface area contributed by atoms with E-state index in [0.29, 0.717) is 24.8 Å². The van der Waals surface area contributed by atoms with Crippen LogP contribution in [0.3, 0.4) is 0 Å². The van der Waals surface area contributed by atoms with Crippen molar-refractivity contribution in [1.82, 2.24) is 0 Å². The normalized spacial score (nSPS) is 42.6. The first-order valence-electron chi connectivity index (χ1n) is 13.2. The van der Waals surface area contributed by atoms with Crippen LogP contribution in [0, 0.1) is 45.8 Å². The predicted octanol–water partition coefficient (Wildman–Crippen LogP) is 3.15. The molecule has 0 aliphatic heterocycles. The van der Waals surface area contributed by atoms with Crippen LogP contribution in [0.1, 0.15) is 66.2 Å². The summed E-state index contributed by atoms with van der Waals surface area (Å²) >= 11 is 0. The van der Waals surface area contributed by atoms with Crippen molar-refractivity contribution in [3.05, 3.63) is 34.4 Å². The number of carbonyl (C=O) groups is 2. The Morgan fingerprint density at radius 1 is 1.25 bits per heavy atom. The van der Waals surface area contributed by atoms with Crippen LogP contribution in [-0.4, -0.2) is 51.5 Å². The minimum absolute atomic E-state index is 0.0470. The van der Waals surface area contributed by atoms with Gasteiger partial charge >= 0.3 is 5.97 Å². The van der Waals surface area contributed by atoms with Crippen molar-refractivity contribution < 1.29 is 29.6 Å². The number of ether oxygens (including phenoxy) is 1. The minimum Gasteiger partial charge on any atom is -0.450 e. The number of nitriles is 1. The smallest absolute Gasteiger partial charge is 0.349 e. The summed E-state index contributed by atoms with van der Waals surface area (Å²) in [5.74, 6) is -1.59. The van der Waals surface area contributed by atoms with Crippen molar-refractivity contribution >= 4 is 11.8 Å². The average Bonchev–Trinajstić information content (AvgIpc) is 3.34. The Bertz CT molecular complexity index is 1130. The highest BCUT2D eigenvalue weighted by atomic mass is 16.6. The molecule has 3 fully saturated rings. The van der Waals surface area contributed by atoms with E-state index in [4.69, 9.17) is 4.74 Å². The summed E-state index contributed by atoms with van der Waals surface area (Å²) in [6.45, 7) is 7.37.